The molecule has 0 saturated carbocycles. The third-order valence-corrected chi connectivity index (χ3v) is 3.91. The molecule has 0 fully saturated rings. The number of hydrogen-bond donors (Lipinski definition) is 2. The molecule has 1 aliphatic rings. The zero-order chi connectivity index (χ0) is 13.1. The number of benzene rings is 1. The summed E-state index contributed by atoms with van der Waals surface area (Å²) in [6, 6.07) is 6.82. The second-order valence-corrected chi connectivity index (χ2v) is 5.33. The fourth-order valence-electron chi connectivity index (χ4n) is 2.81. The summed E-state index contributed by atoms with van der Waals surface area (Å²) in [5.74, 6) is 1.04. The van der Waals surface area contributed by atoms with E-state index in [0.717, 1.165) is 30.9 Å². The number of aromatic nitrogens is 2. The third kappa shape index (κ3) is 2.71. The van der Waals surface area contributed by atoms with E-state index < -0.39 is 0 Å². The van der Waals surface area contributed by atoms with Crippen LogP contribution >= 0.6 is 0 Å². The van der Waals surface area contributed by atoms with Gasteiger partial charge in [-0.1, -0.05) is 12.1 Å². The lowest BCUT2D eigenvalue weighted by Crippen LogP contribution is -2.02. The molecule has 0 atom stereocenters. The van der Waals surface area contributed by atoms with E-state index in [0.29, 0.717) is 0 Å². The van der Waals surface area contributed by atoms with E-state index in [1.54, 1.807) is 0 Å². The van der Waals surface area contributed by atoms with Gasteiger partial charge in [-0.15, -0.1) is 0 Å². The van der Waals surface area contributed by atoms with Crippen molar-refractivity contribution < 1.29 is 0 Å². The van der Waals surface area contributed by atoms with Gasteiger partial charge in [0.25, 0.3) is 0 Å². The molecule has 0 saturated heterocycles. The smallest absolute Gasteiger partial charge is 0.106 e. The molecule has 1 heterocycles. The average molecular weight is 255 g/mol. The Balaban J connectivity index is 1.83. The number of imidazole rings is 1. The van der Waals surface area contributed by atoms with Crippen molar-refractivity contribution >= 4 is 0 Å². The minimum Gasteiger partial charge on any atom is -0.342 e. The summed E-state index contributed by atoms with van der Waals surface area (Å²) in [6.45, 7) is 0.717. The number of rotatable bonds is 4. The fraction of sp³-hybridized carbons (Fsp3) is 0.438. The van der Waals surface area contributed by atoms with Crippen LogP contribution in [0.3, 0.4) is 0 Å². The summed E-state index contributed by atoms with van der Waals surface area (Å²) in [7, 11) is 0. The number of nitrogens with two attached hydrogens (primary N) is 1. The molecule has 3 heteroatoms. The van der Waals surface area contributed by atoms with Gasteiger partial charge < -0.3 is 10.7 Å². The predicted molar refractivity (Wildman–Crippen MR) is 78.0 cm³/mol. The van der Waals surface area contributed by atoms with Crippen LogP contribution in [-0.4, -0.2) is 16.5 Å². The summed E-state index contributed by atoms with van der Waals surface area (Å²) in [5.41, 5.74) is 11.0. The molecule has 0 amide bonds. The van der Waals surface area contributed by atoms with Gasteiger partial charge in [0.2, 0.25) is 0 Å². The molecule has 1 aromatic heterocycles. The van der Waals surface area contributed by atoms with Crippen molar-refractivity contribution in [2.75, 3.05) is 6.54 Å². The highest BCUT2D eigenvalue weighted by Gasteiger charge is 2.11. The third-order valence-electron chi connectivity index (χ3n) is 3.91. The molecule has 2 aromatic rings. The molecule has 1 aliphatic carbocycles. The molecule has 1 aromatic carbocycles. The van der Waals surface area contributed by atoms with Gasteiger partial charge in [-0.3, -0.25) is 0 Å². The van der Waals surface area contributed by atoms with E-state index in [4.69, 9.17) is 5.73 Å². The van der Waals surface area contributed by atoms with E-state index in [1.807, 2.05) is 6.20 Å². The molecule has 3 nitrogen and oxygen atoms in total. The average Bonchev–Trinajstić information content (AvgIpc) is 2.93. The van der Waals surface area contributed by atoms with Gasteiger partial charge in [-0.05, 0) is 61.4 Å². The predicted octanol–water partition coefficient (Wildman–Crippen LogP) is 2.85. The largest absolute Gasteiger partial charge is 0.342 e. The molecular formula is C16H21N3. The Kier molecular flexibility index (Phi) is 3.65. The molecule has 0 bridgehead atoms. The first-order valence-corrected chi connectivity index (χ1v) is 7.23. The number of nitrogens with zero attached hydrogens (tertiary/aromatic N) is 1. The summed E-state index contributed by atoms with van der Waals surface area (Å²) in [5, 5.41) is 0. The number of aromatic amines is 1. The van der Waals surface area contributed by atoms with Crippen molar-refractivity contribution in [1.29, 1.82) is 0 Å². The topological polar surface area (TPSA) is 54.7 Å². The van der Waals surface area contributed by atoms with Crippen molar-refractivity contribution in [3.05, 3.63) is 41.3 Å². The first-order valence-electron chi connectivity index (χ1n) is 7.23. The van der Waals surface area contributed by atoms with Gasteiger partial charge in [0.15, 0.2) is 0 Å². The van der Waals surface area contributed by atoms with Gasteiger partial charge in [-0.25, -0.2) is 4.98 Å². The maximum Gasteiger partial charge on any atom is 0.106 e. The summed E-state index contributed by atoms with van der Waals surface area (Å²) in [6.07, 6.45) is 8.97. The van der Waals surface area contributed by atoms with Crippen LogP contribution in [0, 0.1) is 0 Å². The van der Waals surface area contributed by atoms with Gasteiger partial charge >= 0.3 is 0 Å². The van der Waals surface area contributed by atoms with Crippen LogP contribution in [-0.2, 0) is 19.3 Å². The molecule has 0 unspecified atom stereocenters. The molecular weight excluding hydrogens is 234 g/mol. The quantitative estimate of drug-likeness (QED) is 0.882. The lowest BCUT2D eigenvalue weighted by molar-refractivity contribution is 0.686. The van der Waals surface area contributed by atoms with Crippen LogP contribution in [0.25, 0.3) is 11.3 Å². The van der Waals surface area contributed by atoms with Crippen molar-refractivity contribution in [2.24, 2.45) is 5.73 Å². The minimum atomic E-state index is 0.717. The molecule has 0 radical (unpaired) electrons. The van der Waals surface area contributed by atoms with Crippen LogP contribution in [0.1, 0.15) is 36.2 Å². The first-order chi connectivity index (χ1) is 9.36. The standard InChI is InChI=1S/C16H21N3/c17-9-3-6-16-18-11-15(19-16)14-8-7-12-4-1-2-5-13(12)10-14/h7-8,10-11H,1-6,9,17H2,(H,18,19). The van der Waals surface area contributed by atoms with Crippen molar-refractivity contribution in [3.8, 4) is 11.3 Å². The molecule has 0 aliphatic heterocycles. The second-order valence-electron chi connectivity index (χ2n) is 5.33. The Labute approximate surface area is 114 Å². The van der Waals surface area contributed by atoms with E-state index in [1.165, 1.54) is 42.4 Å². The molecule has 3 N–H and O–H groups in total. The molecule has 3 rings (SSSR count). The maximum absolute atomic E-state index is 5.53. The Hall–Kier alpha value is -1.61. The normalized spacial score (nSPS) is 14.4. The summed E-state index contributed by atoms with van der Waals surface area (Å²) in [4.78, 5) is 7.84. The zero-order valence-electron chi connectivity index (χ0n) is 11.3. The zero-order valence-corrected chi connectivity index (χ0v) is 11.3. The monoisotopic (exact) mass is 255 g/mol. The number of nitrogens with one attached hydrogen (secondary N) is 1. The Morgan fingerprint density at radius 2 is 2.00 bits per heavy atom. The van der Waals surface area contributed by atoms with E-state index >= 15 is 0 Å². The summed E-state index contributed by atoms with van der Waals surface area (Å²) >= 11 is 0. The Bertz CT molecular complexity index is 557. The van der Waals surface area contributed by atoms with Crippen molar-refractivity contribution in [2.45, 2.75) is 38.5 Å². The molecule has 100 valence electrons. The lowest BCUT2D eigenvalue weighted by atomic mass is 9.90. The van der Waals surface area contributed by atoms with E-state index in [9.17, 15) is 0 Å². The van der Waals surface area contributed by atoms with E-state index in [-0.39, 0.29) is 0 Å². The SMILES string of the molecule is NCCCc1ncc(-c2ccc3c(c2)CCCC3)[nH]1. The van der Waals surface area contributed by atoms with Gasteiger partial charge in [0.05, 0.1) is 11.9 Å². The molecule has 19 heavy (non-hydrogen) atoms. The lowest BCUT2D eigenvalue weighted by Gasteiger charge is -2.16. The van der Waals surface area contributed by atoms with Gasteiger partial charge in [-0.2, -0.15) is 0 Å². The number of H-pyrrole nitrogens is 1. The van der Waals surface area contributed by atoms with Gasteiger partial charge in [0, 0.05) is 6.42 Å². The Morgan fingerprint density at radius 3 is 2.84 bits per heavy atom. The van der Waals surface area contributed by atoms with Crippen LogP contribution in [0.2, 0.25) is 0 Å². The molecule has 0 spiro atoms. The second kappa shape index (κ2) is 5.57. The van der Waals surface area contributed by atoms with E-state index in [2.05, 4.69) is 28.2 Å². The highest BCUT2D eigenvalue weighted by molar-refractivity contribution is 5.60. The Morgan fingerprint density at radius 1 is 1.16 bits per heavy atom. The highest BCUT2D eigenvalue weighted by atomic mass is 14.9. The number of hydrogen-bond acceptors (Lipinski definition) is 2. The fourth-order valence-corrected chi connectivity index (χ4v) is 2.81. The van der Waals surface area contributed by atoms with Crippen LogP contribution < -0.4 is 5.73 Å². The maximum atomic E-state index is 5.53. The first kappa shape index (κ1) is 12.4. The number of aryl methyl sites for hydroxylation is 3. The number of fused-ring (bicyclic) bond motifs is 1. The highest BCUT2D eigenvalue weighted by Crippen LogP contribution is 2.26. The van der Waals surface area contributed by atoms with Crippen molar-refractivity contribution in [3.63, 3.8) is 0 Å². The van der Waals surface area contributed by atoms with Gasteiger partial charge in [0.1, 0.15) is 5.82 Å². The van der Waals surface area contributed by atoms with Crippen LogP contribution in [0.15, 0.2) is 24.4 Å². The van der Waals surface area contributed by atoms with Crippen LogP contribution in [0.5, 0.6) is 0 Å². The minimum absolute atomic E-state index is 0.717. The van der Waals surface area contributed by atoms with Crippen molar-refractivity contribution in [1.82, 2.24) is 9.97 Å². The summed E-state index contributed by atoms with van der Waals surface area (Å²) < 4.78 is 0. The van der Waals surface area contributed by atoms with Crippen LogP contribution in [0.4, 0.5) is 0 Å².